The Morgan fingerprint density at radius 1 is 0.625 bits per heavy atom. The Bertz CT molecular complexity index is 1200. The molecule has 0 aromatic heterocycles. The summed E-state index contributed by atoms with van der Waals surface area (Å²) < 4.78 is 11.7. The topological polar surface area (TPSA) is 129 Å². The number of nitrogens with two attached hydrogens (primary N) is 2. The van der Waals surface area contributed by atoms with Crippen LogP contribution >= 0.6 is 0 Å². The molecule has 4 aromatic rings. The van der Waals surface area contributed by atoms with E-state index in [4.69, 9.17) is 21.2 Å². The summed E-state index contributed by atoms with van der Waals surface area (Å²) in [6.45, 7) is -0.503. The first-order chi connectivity index (χ1) is 15.6. The van der Waals surface area contributed by atoms with Crippen molar-refractivity contribution >= 4 is 33.4 Å². The van der Waals surface area contributed by atoms with E-state index in [0.717, 1.165) is 32.7 Å². The van der Waals surface area contributed by atoms with Gasteiger partial charge in [-0.2, -0.15) is 0 Å². The highest BCUT2D eigenvalue weighted by atomic mass is 16.5. The van der Waals surface area contributed by atoms with Gasteiger partial charge in [0.25, 0.3) is 11.8 Å². The maximum Gasteiger partial charge on any atom is 0.271 e. The summed E-state index contributed by atoms with van der Waals surface area (Å²) in [4.78, 5) is 23.5. The molecule has 32 heavy (non-hydrogen) atoms. The second kappa shape index (κ2) is 9.34. The van der Waals surface area contributed by atoms with E-state index < -0.39 is 11.8 Å². The van der Waals surface area contributed by atoms with Crippen LogP contribution in [0.5, 0.6) is 11.5 Å². The fourth-order valence-electron chi connectivity index (χ4n) is 3.63. The first-order valence-corrected chi connectivity index (χ1v) is 9.90. The molecule has 0 heterocycles. The molecule has 0 aliphatic rings. The number of nitrogens with one attached hydrogen (secondary N) is 2. The second-order valence-corrected chi connectivity index (χ2v) is 7.03. The van der Waals surface area contributed by atoms with Gasteiger partial charge in [-0.3, -0.25) is 20.4 Å². The maximum absolute atomic E-state index is 11.7. The van der Waals surface area contributed by atoms with E-state index >= 15 is 0 Å². The van der Waals surface area contributed by atoms with Crippen LogP contribution in [-0.4, -0.2) is 25.0 Å². The average Bonchev–Trinajstić information content (AvgIpc) is 2.85. The van der Waals surface area contributed by atoms with Gasteiger partial charge in [-0.25, -0.2) is 11.7 Å². The molecule has 0 aliphatic heterocycles. The predicted octanol–water partition coefficient (Wildman–Crippen LogP) is 2.40. The van der Waals surface area contributed by atoms with Crippen molar-refractivity contribution in [1.29, 1.82) is 0 Å². The molecule has 0 radical (unpaired) electrons. The minimum absolute atomic E-state index is 0.252. The first-order valence-electron chi connectivity index (χ1n) is 9.90. The summed E-state index contributed by atoms with van der Waals surface area (Å²) in [7, 11) is 0. The van der Waals surface area contributed by atoms with E-state index in [-0.39, 0.29) is 13.2 Å². The summed E-state index contributed by atoms with van der Waals surface area (Å²) in [5, 5.41) is 3.78. The zero-order valence-electron chi connectivity index (χ0n) is 17.1. The van der Waals surface area contributed by atoms with E-state index in [1.165, 1.54) is 0 Å². The molecule has 0 saturated carbocycles. The van der Waals surface area contributed by atoms with Gasteiger partial charge in [-0.05, 0) is 33.7 Å². The van der Waals surface area contributed by atoms with Gasteiger partial charge in [0.2, 0.25) is 0 Å². The number of hydrazine groups is 2. The zero-order chi connectivity index (χ0) is 22.5. The van der Waals surface area contributed by atoms with Crippen LogP contribution in [0.4, 0.5) is 0 Å². The fraction of sp³-hybridized carbons (Fsp3) is 0.0833. The number of carbonyl (C=O) groups excluding carboxylic acids is 2. The Labute approximate surface area is 184 Å². The molecule has 0 atom stereocenters. The highest BCUT2D eigenvalue weighted by molar-refractivity contribution is 6.09. The van der Waals surface area contributed by atoms with Crippen LogP contribution in [0.3, 0.4) is 0 Å². The highest BCUT2D eigenvalue weighted by Gasteiger charge is 2.20. The van der Waals surface area contributed by atoms with Gasteiger partial charge in [0.15, 0.2) is 13.2 Å². The molecule has 8 heteroatoms. The molecule has 6 N–H and O–H groups in total. The molecular formula is C24H22N4O4. The average molecular weight is 430 g/mol. The first kappa shape index (κ1) is 21.1. The van der Waals surface area contributed by atoms with Crippen LogP contribution in [0.25, 0.3) is 32.7 Å². The van der Waals surface area contributed by atoms with Gasteiger partial charge < -0.3 is 9.47 Å². The van der Waals surface area contributed by atoms with Gasteiger partial charge in [0, 0.05) is 11.1 Å². The van der Waals surface area contributed by atoms with Crippen molar-refractivity contribution in [2.45, 2.75) is 0 Å². The standard InChI is InChI=1S/C24H22N4O4/c25-27-21(29)13-31-19-11-9-15-5-1-3-7-17(15)23(19)24-18-8-4-2-6-16(18)10-12-20(24)32-14-22(30)28-26/h1-12H,13-14,25-26H2,(H,27,29)(H,28,30). The van der Waals surface area contributed by atoms with Crippen LogP contribution in [0, 0.1) is 0 Å². The minimum Gasteiger partial charge on any atom is -0.483 e. The van der Waals surface area contributed by atoms with E-state index in [1.54, 1.807) is 12.1 Å². The third kappa shape index (κ3) is 4.18. The Morgan fingerprint density at radius 2 is 1.03 bits per heavy atom. The van der Waals surface area contributed by atoms with Gasteiger partial charge in [-0.1, -0.05) is 60.7 Å². The van der Waals surface area contributed by atoms with Gasteiger partial charge in [0.05, 0.1) is 0 Å². The lowest BCUT2D eigenvalue weighted by molar-refractivity contribution is -0.123. The van der Waals surface area contributed by atoms with Crippen molar-refractivity contribution in [3.8, 4) is 22.6 Å². The van der Waals surface area contributed by atoms with E-state index in [2.05, 4.69) is 10.9 Å². The summed E-state index contributed by atoms with van der Waals surface area (Å²) in [5.74, 6) is 10.5. The Balaban J connectivity index is 1.98. The van der Waals surface area contributed by atoms with Crippen LogP contribution in [0.15, 0.2) is 72.8 Å². The summed E-state index contributed by atoms with van der Waals surface area (Å²) >= 11 is 0. The number of fused-ring (bicyclic) bond motifs is 2. The number of hydrogen-bond acceptors (Lipinski definition) is 6. The van der Waals surface area contributed by atoms with Crippen LogP contribution < -0.4 is 32.0 Å². The quantitative estimate of drug-likeness (QED) is 0.202. The number of benzene rings is 4. The van der Waals surface area contributed by atoms with Gasteiger partial charge in [-0.15, -0.1) is 0 Å². The van der Waals surface area contributed by atoms with E-state index in [0.29, 0.717) is 11.5 Å². The van der Waals surface area contributed by atoms with Crippen molar-refractivity contribution in [3.63, 3.8) is 0 Å². The lowest BCUT2D eigenvalue weighted by Crippen LogP contribution is -2.34. The van der Waals surface area contributed by atoms with Crippen molar-refractivity contribution in [3.05, 3.63) is 72.8 Å². The Morgan fingerprint density at radius 3 is 1.44 bits per heavy atom. The molecule has 0 spiro atoms. The van der Waals surface area contributed by atoms with Crippen LogP contribution in [0.1, 0.15) is 0 Å². The zero-order valence-corrected chi connectivity index (χ0v) is 17.1. The molecule has 2 amide bonds. The number of hydrogen-bond donors (Lipinski definition) is 4. The normalized spacial score (nSPS) is 10.7. The number of amides is 2. The molecule has 0 aliphatic carbocycles. The lowest BCUT2D eigenvalue weighted by Gasteiger charge is -2.19. The molecule has 0 saturated heterocycles. The molecule has 4 aromatic carbocycles. The smallest absolute Gasteiger partial charge is 0.271 e. The molecule has 162 valence electrons. The summed E-state index contributed by atoms with van der Waals surface area (Å²) in [6, 6.07) is 23.1. The van der Waals surface area contributed by atoms with Gasteiger partial charge >= 0.3 is 0 Å². The summed E-state index contributed by atoms with van der Waals surface area (Å²) in [5.41, 5.74) is 5.62. The largest absolute Gasteiger partial charge is 0.483 e. The SMILES string of the molecule is NNC(=O)COc1ccc2ccccc2c1-c1c(OCC(=O)NN)ccc2ccccc12. The Hall–Kier alpha value is -4.14. The number of carbonyl (C=O) groups is 2. The van der Waals surface area contributed by atoms with Crippen molar-refractivity contribution in [2.75, 3.05) is 13.2 Å². The number of ether oxygens (including phenoxy) is 2. The fourth-order valence-corrected chi connectivity index (χ4v) is 3.63. The molecule has 0 bridgehead atoms. The predicted molar refractivity (Wildman–Crippen MR) is 123 cm³/mol. The monoisotopic (exact) mass is 430 g/mol. The van der Waals surface area contributed by atoms with Gasteiger partial charge in [0.1, 0.15) is 11.5 Å². The summed E-state index contributed by atoms with van der Waals surface area (Å²) in [6.07, 6.45) is 0. The van der Waals surface area contributed by atoms with Crippen molar-refractivity contribution in [2.24, 2.45) is 11.7 Å². The maximum atomic E-state index is 11.7. The third-order valence-corrected chi connectivity index (χ3v) is 5.07. The van der Waals surface area contributed by atoms with Crippen molar-refractivity contribution in [1.82, 2.24) is 10.9 Å². The Kier molecular flexibility index (Phi) is 6.16. The highest BCUT2D eigenvalue weighted by Crippen LogP contribution is 2.45. The molecule has 0 unspecified atom stereocenters. The lowest BCUT2D eigenvalue weighted by atomic mass is 9.92. The molecule has 8 nitrogen and oxygen atoms in total. The minimum atomic E-state index is -0.460. The number of rotatable bonds is 7. The molecular weight excluding hydrogens is 408 g/mol. The van der Waals surface area contributed by atoms with Crippen LogP contribution in [-0.2, 0) is 9.59 Å². The van der Waals surface area contributed by atoms with E-state index in [1.807, 2.05) is 60.7 Å². The molecule has 4 rings (SSSR count). The third-order valence-electron chi connectivity index (χ3n) is 5.07. The van der Waals surface area contributed by atoms with E-state index in [9.17, 15) is 9.59 Å². The molecule has 0 fully saturated rings. The van der Waals surface area contributed by atoms with Crippen LogP contribution in [0.2, 0.25) is 0 Å². The second-order valence-electron chi connectivity index (χ2n) is 7.03. The van der Waals surface area contributed by atoms with Crippen molar-refractivity contribution < 1.29 is 19.1 Å².